The molecule has 39 heavy (non-hydrogen) atoms. The van der Waals surface area contributed by atoms with Crippen molar-refractivity contribution in [3.63, 3.8) is 0 Å². The summed E-state index contributed by atoms with van der Waals surface area (Å²) in [6, 6.07) is 19.8. The molecule has 2 heterocycles. The van der Waals surface area contributed by atoms with Gasteiger partial charge in [0.2, 0.25) is 9.84 Å². The lowest BCUT2D eigenvalue weighted by atomic mass is 9.86. The maximum atomic E-state index is 12.9. The molecule has 2 fully saturated rings. The van der Waals surface area contributed by atoms with Gasteiger partial charge in [0.1, 0.15) is 0 Å². The van der Waals surface area contributed by atoms with E-state index in [-0.39, 0.29) is 15.8 Å². The monoisotopic (exact) mass is 565 g/mol. The molecule has 0 saturated carbocycles. The fourth-order valence-electron chi connectivity index (χ4n) is 5.64. The summed E-state index contributed by atoms with van der Waals surface area (Å²) in [5, 5.41) is 3.63. The molecule has 6 nitrogen and oxygen atoms in total. The molecule has 0 unspecified atom stereocenters. The molecule has 5 rings (SSSR count). The second-order valence-electron chi connectivity index (χ2n) is 10.7. The largest absolute Gasteiger partial charge is 0.325 e. The molecule has 2 amide bonds. The van der Waals surface area contributed by atoms with Gasteiger partial charge in [-0.25, -0.2) is 13.2 Å². The van der Waals surface area contributed by atoms with E-state index in [9.17, 15) is 13.2 Å². The lowest BCUT2D eigenvalue weighted by Crippen LogP contribution is -2.38. The first-order chi connectivity index (χ1) is 18.8. The fourth-order valence-corrected chi connectivity index (χ4v) is 7.03. The number of likely N-dealkylation sites (tertiary alicyclic amines) is 2. The van der Waals surface area contributed by atoms with E-state index in [1.807, 2.05) is 23.1 Å². The number of hydrogen-bond donors (Lipinski definition) is 1. The summed E-state index contributed by atoms with van der Waals surface area (Å²) < 4.78 is 25.9. The van der Waals surface area contributed by atoms with Crippen LogP contribution in [0, 0.1) is 6.92 Å². The first-order valence-electron chi connectivity index (χ1n) is 13.8. The van der Waals surface area contributed by atoms with Gasteiger partial charge in [-0.15, -0.1) is 0 Å². The highest BCUT2D eigenvalue weighted by molar-refractivity contribution is 7.91. The van der Waals surface area contributed by atoms with Crippen molar-refractivity contribution in [1.29, 1.82) is 0 Å². The van der Waals surface area contributed by atoms with Crippen LogP contribution in [0.1, 0.15) is 54.7 Å². The van der Waals surface area contributed by atoms with E-state index in [0.29, 0.717) is 10.9 Å². The number of carbonyl (C=O) groups excluding carboxylic acids is 1. The maximum Gasteiger partial charge on any atom is 0.321 e. The van der Waals surface area contributed by atoms with Gasteiger partial charge in [0.05, 0.1) is 9.79 Å². The normalized spacial score (nSPS) is 17.2. The SMILES string of the molecule is Cc1ccc(NC(=O)N2CCCCC2)cc1C1CCN(Cc2ccc(S(=O)(=O)c3ccc(Cl)cc3)cc2)CC1. The number of piperidine rings is 2. The van der Waals surface area contributed by atoms with Crippen LogP contribution in [0.5, 0.6) is 0 Å². The molecular formula is C31H36ClN3O3S. The molecule has 0 radical (unpaired) electrons. The smallest absolute Gasteiger partial charge is 0.321 e. The highest BCUT2D eigenvalue weighted by atomic mass is 35.5. The van der Waals surface area contributed by atoms with Gasteiger partial charge in [0.25, 0.3) is 0 Å². The molecule has 3 aromatic carbocycles. The van der Waals surface area contributed by atoms with Crippen LogP contribution in [0.15, 0.2) is 76.5 Å². The topological polar surface area (TPSA) is 69.7 Å². The van der Waals surface area contributed by atoms with Crippen molar-refractivity contribution in [2.45, 2.75) is 61.3 Å². The van der Waals surface area contributed by atoms with E-state index in [0.717, 1.165) is 69.7 Å². The van der Waals surface area contributed by atoms with E-state index in [4.69, 9.17) is 11.6 Å². The Kier molecular flexibility index (Phi) is 8.60. The first-order valence-corrected chi connectivity index (χ1v) is 15.6. The summed E-state index contributed by atoms with van der Waals surface area (Å²) in [7, 11) is -3.57. The van der Waals surface area contributed by atoms with Crippen LogP contribution in [-0.4, -0.2) is 50.4 Å². The Balaban J connectivity index is 1.17. The van der Waals surface area contributed by atoms with Gasteiger partial charge in [-0.2, -0.15) is 0 Å². The van der Waals surface area contributed by atoms with E-state index in [1.54, 1.807) is 24.3 Å². The predicted molar refractivity (Wildman–Crippen MR) is 156 cm³/mol. The van der Waals surface area contributed by atoms with Crippen LogP contribution in [0.25, 0.3) is 0 Å². The molecule has 0 aromatic heterocycles. The minimum absolute atomic E-state index is 0.00584. The Morgan fingerprint density at radius 2 is 1.49 bits per heavy atom. The molecule has 3 aromatic rings. The Morgan fingerprint density at radius 1 is 0.872 bits per heavy atom. The van der Waals surface area contributed by atoms with Crippen molar-refractivity contribution in [2.75, 3.05) is 31.5 Å². The third-order valence-corrected chi connectivity index (χ3v) is 10.0. The number of rotatable bonds is 6. The summed E-state index contributed by atoms with van der Waals surface area (Å²) >= 11 is 5.91. The number of nitrogens with one attached hydrogen (secondary N) is 1. The number of aryl methyl sites for hydroxylation is 1. The van der Waals surface area contributed by atoms with Crippen molar-refractivity contribution in [1.82, 2.24) is 9.80 Å². The van der Waals surface area contributed by atoms with Crippen molar-refractivity contribution >= 4 is 33.2 Å². The van der Waals surface area contributed by atoms with Crippen LogP contribution < -0.4 is 5.32 Å². The molecule has 0 bridgehead atoms. The summed E-state index contributed by atoms with van der Waals surface area (Å²) in [4.78, 5) is 17.6. The number of urea groups is 1. The standard InChI is InChI=1S/C31H36ClN3O3S/c1-23-5-10-27(33-31(36)35-17-3-2-4-18-35)21-30(23)25-15-19-34(20-16-25)22-24-6-11-28(12-7-24)39(37,38)29-13-8-26(32)9-14-29/h5-14,21,25H,2-4,15-20,22H2,1H3,(H,33,36). The van der Waals surface area contributed by atoms with E-state index >= 15 is 0 Å². The molecular weight excluding hydrogens is 530 g/mol. The minimum Gasteiger partial charge on any atom is -0.325 e. The molecule has 8 heteroatoms. The molecule has 1 N–H and O–H groups in total. The van der Waals surface area contributed by atoms with Gasteiger partial charge in [-0.1, -0.05) is 29.8 Å². The van der Waals surface area contributed by atoms with Crippen LogP contribution in [0.2, 0.25) is 5.02 Å². The molecule has 206 valence electrons. The zero-order valence-corrected chi connectivity index (χ0v) is 24.0. The van der Waals surface area contributed by atoms with Crippen LogP contribution in [0.3, 0.4) is 0 Å². The minimum atomic E-state index is -3.57. The van der Waals surface area contributed by atoms with Gasteiger partial charge in [-0.3, -0.25) is 4.90 Å². The number of carbonyl (C=O) groups is 1. The van der Waals surface area contributed by atoms with Gasteiger partial charge in [-0.05, 0) is 123 Å². The first kappa shape index (κ1) is 27.7. The second kappa shape index (κ2) is 12.1. The van der Waals surface area contributed by atoms with Crippen molar-refractivity contribution in [3.05, 3.63) is 88.4 Å². The summed E-state index contributed by atoms with van der Waals surface area (Å²) in [6.45, 7) is 6.56. The molecule has 0 aliphatic carbocycles. The number of amides is 2. The third-order valence-electron chi connectivity index (χ3n) is 7.96. The zero-order valence-electron chi connectivity index (χ0n) is 22.4. The molecule has 2 aliphatic heterocycles. The number of benzene rings is 3. The zero-order chi connectivity index (χ0) is 27.4. The third kappa shape index (κ3) is 6.65. The van der Waals surface area contributed by atoms with Crippen molar-refractivity contribution in [3.8, 4) is 0 Å². The lowest BCUT2D eigenvalue weighted by Gasteiger charge is -2.33. The number of hydrogen-bond acceptors (Lipinski definition) is 4. The quantitative estimate of drug-likeness (QED) is 0.354. The van der Waals surface area contributed by atoms with Crippen LogP contribution in [0.4, 0.5) is 10.5 Å². The number of nitrogens with zero attached hydrogens (tertiary/aromatic N) is 2. The Morgan fingerprint density at radius 3 is 2.13 bits per heavy atom. The number of halogens is 1. The fraction of sp³-hybridized carbons (Fsp3) is 0.387. The van der Waals surface area contributed by atoms with Gasteiger partial charge in [0, 0.05) is 30.3 Å². The van der Waals surface area contributed by atoms with E-state index < -0.39 is 9.84 Å². The Hall–Kier alpha value is -2.87. The summed E-state index contributed by atoms with van der Waals surface area (Å²) in [6.07, 6.45) is 5.46. The number of sulfone groups is 1. The van der Waals surface area contributed by atoms with Gasteiger partial charge < -0.3 is 10.2 Å². The number of anilines is 1. The van der Waals surface area contributed by atoms with E-state index in [1.165, 1.54) is 29.7 Å². The van der Waals surface area contributed by atoms with Gasteiger partial charge in [0.15, 0.2) is 0 Å². The summed E-state index contributed by atoms with van der Waals surface area (Å²) in [5.41, 5.74) is 4.56. The molecule has 0 atom stereocenters. The van der Waals surface area contributed by atoms with Crippen LogP contribution in [-0.2, 0) is 16.4 Å². The van der Waals surface area contributed by atoms with E-state index in [2.05, 4.69) is 29.3 Å². The lowest BCUT2D eigenvalue weighted by molar-refractivity contribution is 0.200. The van der Waals surface area contributed by atoms with Gasteiger partial charge >= 0.3 is 6.03 Å². The molecule has 2 aliphatic rings. The highest BCUT2D eigenvalue weighted by Gasteiger charge is 2.24. The molecule has 0 spiro atoms. The summed E-state index contributed by atoms with van der Waals surface area (Å²) in [5.74, 6) is 0.458. The average molecular weight is 566 g/mol. The Labute approximate surface area is 236 Å². The van der Waals surface area contributed by atoms with Crippen molar-refractivity contribution in [2.24, 2.45) is 0 Å². The van der Waals surface area contributed by atoms with Crippen molar-refractivity contribution < 1.29 is 13.2 Å². The van der Waals surface area contributed by atoms with Crippen LogP contribution >= 0.6 is 11.6 Å². The Bertz CT molecular complexity index is 1390. The molecule has 2 saturated heterocycles. The predicted octanol–water partition coefficient (Wildman–Crippen LogP) is 6.88. The highest BCUT2D eigenvalue weighted by Crippen LogP contribution is 2.33. The average Bonchev–Trinajstić information content (AvgIpc) is 2.95. The maximum absolute atomic E-state index is 12.9. The second-order valence-corrected chi connectivity index (χ2v) is 13.1.